The lowest BCUT2D eigenvalue weighted by molar-refractivity contribution is 0.263. The molecule has 1 fully saturated rings. The fourth-order valence-corrected chi connectivity index (χ4v) is 2.64. The molecule has 0 aliphatic heterocycles. The number of fused-ring (bicyclic) bond motifs is 1. The SMILES string of the molecule is CCCNc1nc(CN(CC)C2CC2)nc2c1cnn2C. The summed E-state index contributed by atoms with van der Waals surface area (Å²) in [6, 6.07) is 0.730. The van der Waals surface area contributed by atoms with E-state index in [0.717, 1.165) is 54.8 Å². The normalized spacial score (nSPS) is 15.0. The van der Waals surface area contributed by atoms with E-state index in [-0.39, 0.29) is 0 Å². The molecule has 114 valence electrons. The standard InChI is InChI=1S/C15H24N6/c1-4-8-16-14-12-9-17-20(3)15(12)19-13(18-14)10-21(5-2)11-6-7-11/h9,11H,4-8,10H2,1-3H3,(H,16,18,19). The molecule has 2 heterocycles. The Kier molecular flexibility index (Phi) is 4.05. The van der Waals surface area contributed by atoms with E-state index in [1.165, 1.54) is 12.8 Å². The Morgan fingerprint density at radius 1 is 1.33 bits per heavy atom. The molecule has 1 aliphatic carbocycles. The number of hydrogen-bond acceptors (Lipinski definition) is 5. The molecule has 0 bridgehead atoms. The van der Waals surface area contributed by atoms with Crippen LogP contribution in [0.5, 0.6) is 0 Å². The summed E-state index contributed by atoms with van der Waals surface area (Å²) in [4.78, 5) is 11.9. The smallest absolute Gasteiger partial charge is 0.163 e. The van der Waals surface area contributed by atoms with Crippen LogP contribution in [-0.2, 0) is 13.6 Å². The molecule has 0 saturated heterocycles. The van der Waals surface area contributed by atoms with Gasteiger partial charge in [0.25, 0.3) is 0 Å². The van der Waals surface area contributed by atoms with Gasteiger partial charge in [0.05, 0.1) is 18.1 Å². The molecule has 21 heavy (non-hydrogen) atoms. The van der Waals surface area contributed by atoms with Gasteiger partial charge in [-0.15, -0.1) is 0 Å². The van der Waals surface area contributed by atoms with E-state index in [1.807, 2.05) is 17.9 Å². The first kappa shape index (κ1) is 14.3. The van der Waals surface area contributed by atoms with Gasteiger partial charge in [0.1, 0.15) is 11.6 Å². The summed E-state index contributed by atoms with van der Waals surface area (Å²) in [5.41, 5.74) is 0.908. The molecular formula is C15H24N6. The van der Waals surface area contributed by atoms with Crippen LogP contribution in [0.15, 0.2) is 6.20 Å². The molecule has 6 heteroatoms. The zero-order chi connectivity index (χ0) is 14.8. The van der Waals surface area contributed by atoms with Crippen LogP contribution < -0.4 is 5.32 Å². The Hall–Kier alpha value is -1.69. The first-order valence-corrected chi connectivity index (χ1v) is 7.89. The van der Waals surface area contributed by atoms with Crippen LogP contribution in [0.4, 0.5) is 5.82 Å². The number of nitrogens with one attached hydrogen (secondary N) is 1. The Morgan fingerprint density at radius 3 is 2.81 bits per heavy atom. The molecule has 6 nitrogen and oxygen atoms in total. The highest BCUT2D eigenvalue weighted by Gasteiger charge is 2.28. The lowest BCUT2D eigenvalue weighted by Gasteiger charge is -2.19. The fourth-order valence-electron chi connectivity index (χ4n) is 2.64. The van der Waals surface area contributed by atoms with Gasteiger partial charge < -0.3 is 5.32 Å². The summed E-state index contributed by atoms with van der Waals surface area (Å²) in [5.74, 6) is 1.80. The lowest BCUT2D eigenvalue weighted by Crippen LogP contribution is -2.26. The second kappa shape index (κ2) is 5.97. The van der Waals surface area contributed by atoms with E-state index < -0.39 is 0 Å². The minimum Gasteiger partial charge on any atom is -0.369 e. The van der Waals surface area contributed by atoms with Gasteiger partial charge in [-0.2, -0.15) is 5.10 Å². The largest absolute Gasteiger partial charge is 0.369 e. The van der Waals surface area contributed by atoms with Crippen molar-refractivity contribution >= 4 is 16.9 Å². The second-order valence-corrected chi connectivity index (χ2v) is 5.71. The monoisotopic (exact) mass is 288 g/mol. The molecule has 0 unspecified atom stereocenters. The number of nitrogens with zero attached hydrogens (tertiary/aromatic N) is 5. The minimum absolute atomic E-state index is 0.730. The van der Waals surface area contributed by atoms with Gasteiger partial charge in [0, 0.05) is 19.6 Å². The molecule has 2 aromatic heterocycles. The van der Waals surface area contributed by atoms with Crippen molar-refractivity contribution in [2.24, 2.45) is 7.05 Å². The molecule has 1 N–H and O–H groups in total. The van der Waals surface area contributed by atoms with Crippen LogP contribution in [0.2, 0.25) is 0 Å². The van der Waals surface area contributed by atoms with Gasteiger partial charge in [0.15, 0.2) is 5.65 Å². The molecule has 0 radical (unpaired) electrons. The van der Waals surface area contributed by atoms with E-state index in [1.54, 1.807) is 0 Å². The third kappa shape index (κ3) is 3.00. The molecule has 0 aromatic carbocycles. The van der Waals surface area contributed by atoms with Crippen molar-refractivity contribution in [3.8, 4) is 0 Å². The highest BCUT2D eigenvalue weighted by molar-refractivity contribution is 5.86. The first-order valence-electron chi connectivity index (χ1n) is 7.89. The van der Waals surface area contributed by atoms with Crippen molar-refractivity contribution in [3.63, 3.8) is 0 Å². The predicted octanol–water partition coefficient (Wildman–Crippen LogP) is 2.17. The van der Waals surface area contributed by atoms with Crippen molar-refractivity contribution in [1.82, 2.24) is 24.6 Å². The summed E-state index contributed by atoms with van der Waals surface area (Å²) < 4.78 is 1.82. The van der Waals surface area contributed by atoms with E-state index in [2.05, 4.69) is 29.2 Å². The topological polar surface area (TPSA) is 58.9 Å². The van der Waals surface area contributed by atoms with Crippen LogP contribution >= 0.6 is 0 Å². The highest BCUT2D eigenvalue weighted by atomic mass is 15.3. The van der Waals surface area contributed by atoms with Gasteiger partial charge in [-0.25, -0.2) is 9.97 Å². The Labute approximate surface area is 125 Å². The average molecular weight is 288 g/mol. The van der Waals surface area contributed by atoms with Crippen molar-refractivity contribution < 1.29 is 0 Å². The molecular weight excluding hydrogens is 264 g/mol. The molecule has 0 atom stereocenters. The Balaban J connectivity index is 1.91. The Morgan fingerprint density at radius 2 is 2.14 bits per heavy atom. The number of aryl methyl sites for hydroxylation is 1. The number of rotatable bonds is 7. The van der Waals surface area contributed by atoms with Crippen molar-refractivity contribution in [2.75, 3.05) is 18.4 Å². The third-order valence-corrected chi connectivity index (χ3v) is 3.99. The van der Waals surface area contributed by atoms with Crippen molar-refractivity contribution in [1.29, 1.82) is 0 Å². The van der Waals surface area contributed by atoms with Crippen LogP contribution in [-0.4, -0.2) is 43.8 Å². The summed E-state index contributed by atoms with van der Waals surface area (Å²) in [6.07, 6.45) is 5.53. The van der Waals surface area contributed by atoms with Crippen molar-refractivity contribution in [2.45, 2.75) is 45.7 Å². The molecule has 0 spiro atoms. The van der Waals surface area contributed by atoms with Crippen LogP contribution in [0.1, 0.15) is 38.9 Å². The zero-order valence-electron chi connectivity index (χ0n) is 13.1. The highest BCUT2D eigenvalue weighted by Crippen LogP contribution is 2.28. The molecule has 3 rings (SSSR count). The van der Waals surface area contributed by atoms with Gasteiger partial charge >= 0.3 is 0 Å². The lowest BCUT2D eigenvalue weighted by atomic mass is 10.3. The molecule has 0 amide bonds. The van der Waals surface area contributed by atoms with Crippen LogP contribution in [0.3, 0.4) is 0 Å². The van der Waals surface area contributed by atoms with Crippen LogP contribution in [0.25, 0.3) is 11.0 Å². The third-order valence-electron chi connectivity index (χ3n) is 3.99. The van der Waals surface area contributed by atoms with Gasteiger partial charge in [0.2, 0.25) is 0 Å². The average Bonchev–Trinajstić information content (AvgIpc) is 3.27. The second-order valence-electron chi connectivity index (χ2n) is 5.71. The molecule has 2 aromatic rings. The maximum atomic E-state index is 4.73. The quantitative estimate of drug-likeness (QED) is 0.846. The summed E-state index contributed by atoms with van der Waals surface area (Å²) in [7, 11) is 1.93. The van der Waals surface area contributed by atoms with Crippen LogP contribution in [0, 0.1) is 0 Å². The van der Waals surface area contributed by atoms with Crippen molar-refractivity contribution in [3.05, 3.63) is 12.0 Å². The zero-order valence-corrected chi connectivity index (χ0v) is 13.1. The molecule has 1 aliphatic rings. The molecule has 1 saturated carbocycles. The fraction of sp³-hybridized carbons (Fsp3) is 0.667. The predicted molar refractivity (Wildman–Crippen MR) is 84.2 cm³/mol. The number of anilines is 1. The van der Waals surface area contributed by atoms with E-state index in [9.17, 15) is 0 Å². The van der Waals surface area contributed by atoms with Gasteiger partial charge in [-0.3, -0.25) is 9.58 Å². The van der Waals surface area contributed by atoms with Gasteiger partial charge in [-0.1, -0.05) is 13.8 Å². The van der Waals surface area contributed by atoms with E-state index in [4.69, 9.17) is 9.97 Å². The van der Waals surface area contributed by atoms with E-state index in [0.29, 0.717) is 0 Å². The Bertz CT molecular complexity index is 616. The summed E-state index contributed by atoms with van der Waals surface area (Å²) in [5, 5.41) is 8.72. The maximum absolute atomic E-state index is 4.73. The maximum Gasteiger partial charge on any atom is 0.163 e. The summed E-state index contributed by atoms with van der Waals surface area (Å²) in [6.45, 7) is 7.15. The minimum atomic E-state index is 0.730. The number of hydrogen-bond donors (Lipinski definition) is 1. The summed E-state index contributed by atoms with van der Waals surface area (Å²) >= 11 is 0. The van der Waals surface area contributed by atoms with E-state index >= 15 is 0 Å². The first-order chi connectivity index (χ1) is 10.2. The van der Waals surface area contributed by atoms with Gasteiger partial charge in [-0.05, 0) is 25.8 Å². The number of aromatic nitrogens is 4.